The average Bonchev–Trinajstić information content (AvgIpc) is 3.20. The summed E-state index contributed by atoms with van der Waals surface area (Å²) >= 11 is 0. The minimum atomic E-state index is -0.849. The number of aliphatic hydroxyl groups is 1. The van der Waals surface area contributed by atoms with E-state index < -0.39 is 17.7 Å². The summed E-state index contributed by atoms with van der Waals surface area (Å²) < 4.78 is 11.6. The maximum absolute atomic E-state index is 13.4. The fourth-order valence-corrected chi connectivity index (χ4v) is 4.70. The Morgan fingerprint density at radius 1 is 0.923 bits per heavy atom. The highest BCUT2D eigenvalue weighted by molar-refractivity contribution is 6.46. The molecule has 1 saturated heterocycles. The van der Waals surface area contributed by atoms with E-state index in [4.69, 9.17) is 9.47 Å². The van der Waals surface area contributed by atoms with E-state index >= 15 is 0 Å². The van der Waals surface area contributed by atoms with Gasteiger partial charge in [0, 0.05) is 11.8 Å². The Bertz CT molecular complexity index is 1530. The first-order valence-corrected chi connectivity index (χ1v) is 12.7. The van der Waals surface area contributed by atoms with Crippen molar-refractivity contribution in [3.8, 4) is 17.2 Å². The molecule has 1 aliphatic rings. The first-order valence-electron chi connectivity index (χ1n) is 12.7. The number of carbonyl (C=O) groups excluding carboxylic acids is 2. The lowest BCUT2D eigenvalue weighted by Gasteiger charge is -2.25. The largest absolute Gasteiger partial charge is 0.507 e. The molecule has 1 aliphatic heterocycles. The van der Waals surface area contributed by atoms with E-state index in [-0.39, 0.29) is 17.9 Å². The van der Waals surface area contributed by atoms with Crippen LogP contribution in [0.2, 0.25) is 0 Å². The zero-order chi connectivity index (χ0) is 27.4. The summed E-state index contributed by atoms with van der Waals surface area (Å²) in [4.78, 5) is 32.6. The van der Waals surface area contributed by atoms with E-state index in [9.17, 15) is 14.7 Å². The van der Waals surface area contributed by atoms with Gasteiger partial charge in [0.25, 0.3) is 11.7 Å². The van der Waals surface area contributed by atoms with Crippen LogP contribution >= 0.6 is 0 Å². The summed E-state index contributed by atoms with van der Waals surface area (Å²) in [5.74, 6) is 0.175. The number of para-hydroxylation sites is 1. The molecule has 0 aliphatic carbocycles. The number of carbonyl (C=O) groups is 2. The third-order valence-corrected chi connectivity index (χ3v) is 6.50. The van der Waals surface area contributed by atoms with E-state index in [1.807, 2.05) is 56.3 Å². The van der Waals surface area contributed by atoms with Crippen LogP contribution in [0.15, 0.2) is 103 Å². The SMILES string of the molecule is CCOc1ccc(/C(O)=C2\C(=O)C(=O)N(Cc3ccccn3)C2c2cccc(Oc3ccccc3)c2)cc1C. The number of ketones is 1. The van der Waals surface area contributed by atoms with Crippen molar-refractivity contribution in [1.29, 1.82) is 0 Å². The van der Waals surface area contributed by atoms with Crippen molar-refractivity contribution in [2.24, 2.45) is 0 Å². The van der Waals surface area contributed by atoms with Gasteiger partial charge >= 0.3 is 0 Å². The third kappa shape index (κ3) is 5.38. The number of likely N-dealkylation sites (tertiary alicyclic amines) is 1. The number of hydrogen-bond acceptors (Lipinski definition) is 6. The van der Waals surface area contributed by atoms with Crippen molar-refractivity contribution in [3.05, 3.63) is 125 Å². The lowest BCUT2D eigenvalue weighted by molar-refractivity contribution is -0.140. The van der Waals surface area contributed by atoms with Crippen LogP contribution in [0.25, 0.3) is 5.76 Å². The van der Waals surface area contributed by atoms with E-state index in [0.29, 0.717) is 40.7 Å². The van der Waals surface area contributed by atoms with Crippen LogP contribution < -0.4 is 9.47 Å². The number of benzene rings is 3. The van der Waals surface area contributed by atoms with Crippen LogP contribution in [0.3, 0.4) is 0 Å². The zero-order valence-corrected chi connectivity index (χ0v) is 21.7. The number of Topliss-reactive ketones (excluding diaryl/α,β-unsaturated/α-hetero) is 1. The van der Waals surface area contributed by atoms with Crippen molar-refractivity contribution >= 4 is 17.4 Å². The molecule has 39 heavy (non-hydrogen) atoms. The first-order chi connectivity index (χ1) is 19.0. The molecule has 5 rings (SSSR count). The number of aryl methyl sites for hydroxylation is 1. The van der Waals surface area contributed by atoms with Gasteiger partial charge in [-0.05, 0) is 79.6 Å². The summed E-state index contributed by atoms with van der Waals surface area (Å²) in [6, 6.07) is 26.3. The summed E-state index contributed by atoms with van der Waals surface area (Å²) in [6.07, 6.45) is 1.64. The summed E-state index contributed by atoms with van der Waals surface area (Å²) in [5, 5.41) is 11.5. The van der Waals surface area contributed by atoms with Gasteiger partial charge < -0.3 is 19.5 Å². The van der Waals surface area contributed by atoms with Crippen LogP contribution in [0.1, 0.15) is 35.3 Å². The van der Waals surface area contributed by atoms with Crippen LogP contribution in [0.4, 0.5) is 0 Å². The molecule has 1 fully saturated rings. The molecule has 0 spiro atoms. The molecule has 7 heteroatoms. The fraction of sp³-hybridized carbons (Fsp3) is 0.156. The second-order valence-corrected chi connectivity index (χ2v) is 9.15. The number of amides is 1. The average molecular weight is 521 g/mol. The van der Waals surface area contributed by atoms with Gasteiger partial charge in [-0.1, -0.05) is 36.4 Å². The van der Waals surface area contributed by atoms with E-state index in [1.165, 1.54) is 4.90 Å². The molecule has 1 N–H and O–H groups in total. The predicted molar refractivity (Wildman–Crippen MR) is 147 cm³/mol. The fourth-order valence-electron chi connectivity index (χ4n) is 4.70. The van der Waals surface area contributed by atoms with Gasteiger partial charge in [0.2, 0.25) is 0 Å². The summed E-state index contributed by atoms with van der Waals surface area (Å²) in [7, 11) is 0. The van der Waals surface area contributed by atoms with E-state index in [0.717, 1.165) is 5.56 Å². The molecule has 1 amide bonds. The molecule has 2 heterocycles. The maximum atomic E-state index is 13.4. The van der Waals surface area contributed by atoms with E-state index in [1.54, 1.807) is 54.7 Å². The highest BCUT2D eigenvalue weighted by atomic mass is 16.5. The molecule has 1 atom stereocenters. The highest BCUT2D eigenvalue weighted by Crippen LogP contribution is 2.41. The smallest absolute Gasteiger partial charge is 0.296 e. The second-order valence-electron chi connectivity index (χ2n) is 9.15. The van der Waals surface area contributed by atoms with Crippen molar-refractivity contribution in [2.45, 2.75) is 26.4 Å². The molecule has 0 saturated carbocycles. The molecule has 1 aromatic heterocycles. The number of pyridine rings is 1. The first kappa shape index (κ1) is 25.7. The van der Waals surface area contributed by atoms with Gasteiger partial charge in [-0.25, -0.2) is 0 Å². The second kappa shape index (κ2) is 11.2. The number of aliphatic hydroxyl groups excluding tert-OH is 1. The molecular formula is C32H28N2O5. The lowest BCUT2D eigenvalue weighted by atomic mass is 9.94. The number of aromatic nitrogens is 1. The third-order valence-electron chi connectivity index (χ3n) is 6.50. The van der Waals surface area contributed by atoms with Crippen molar-refractivity contribution in [1.82, 2.24) is 9.88 Å². The molecule has 4 aromatic rings. The van der Waals surface area contributed by atoms with Gasteiger partial charge in [-0.15, -0.1) is 0 Å². The molecule has 0 radical (unpaired) electrons. The standard InChI is InChI=1S/C32H28N2O5/c1-3-38-27-16-15-23(18-21(27)2)30(35)28-29(34(32(37)31(28)36)20-24-11-7-8-17-33-24)22-10-9-14-26(19-22)39-25-12-5-4-6-13-25/h4-19,29,35H,3,20H2,1-2H3/b30-28+. The Morgan fingerprint density at radius 3 is 2.41 bits per heavy atom. The predicted octanol–water partition coefficient (Wildman–Crippen LogP) is 6.20. The Kier molecular flexibility index (Phi) is 7.41. The minimum Gasteiger partial charge on any atom is -0.507 e. The number of hydrogen-bond donors (Lipinski definition) is 1. The van der Waals surface area contributed by atoms with Crippen LogP contribution in [-0.2, 0) is 16.1 Å². The van der Waals surface area contributed by atoms with Gasteiger partial charge in [0.15, 0.2) is 0 Å². The zero-order valence-electron chi connectivity index (χ0n) is 21.7. The highest BCUT2D eigenvalue weighted by Gasteiger charge is 2.46. The van der Waals surface area contributed by atoms with Crippen LogP contribution in [0, 0.1) is 6.92 Å². The number of ether oxygens (including phenoxy) is 2. The maximum Gasteiger partial charge on any atom is 0.296 e. The van der Waals surface area contributed by atoms with Crippen LogP contribution in [-0.4, -0.2) is 33.3 Å². The summed E-state index contributed by atoms with van der Waals surface area (Å²) in [5.41, 5.74) is 2.49. The quantitative estimate of drug-likeness (QED) is 0.169. The van der Waals surface area contributed by atoms with Gasteiger partial charge in [0.1, 0.15) is 23.0 Å². The van der Waals surface area contributed by atoms with Crippen molar-refractivity contribution < 1.29 is 24.2 Å². The summed E-state index contributed by atoms with van der Waals surface area (Å²) in [6.45, 7) is 4.36. The molecule has 196 valence electrons. The molecule has 1 unspecified atom stereocenters. The monoisotopic (exact) mass is 520 g/mol. The van der Waals surface area contributed by atoms with Crippen molar-refractivity contribution in [3.63, 3.8) is 0 Å². The number of nitrogens with zero attached hydrogens (tertiary/aromatic N) is 2. The Morgan fingerprint density at radius 2 is 1.69 bits per heavy atom. The molecular weight excluding hydrogens is 492 g/mol. The Labute approximate surface area is 227 Å². The van der Waals surface area contributed by atoms with Crippen molar-refractivity contribution in [2.75, 3.05) is 6.61 Å². The van der Waals surface area contributed by atoms with E-state index in [2.05, 4.69) is 4.98 Å². The topological polar surface area (TPSA) is 89.0 Å². The lowest BCUT2D eigenvalue weighted by Crippen LogP contribution is -2.29. The van der Waals surface area contributed by atoms with Gasteiger partial charge in [0.05, 0.1) is 30.5 Å². The number of rotatable bonds is 8. The Hall–Kier alpha value is -4.91. The molecule has 3 aromatic carbocycles. The minimum absolute atomic E-state index is 0.0105. The van der Waals surface area contributed by atoms with Gasteiger partial charge in [-0.2, -0.15) is 0 Å². The normalized spacial score (nSPS) is 16.4. The van der Waals surface area contributed by atoms with Gasteiger partial charge in [-0.3, -0.25) is 14.6 Å². The Balaban J connectivity index is 1.61. The molecule has 7 nitrogen and oxygen atoms in total. The molecule has 0 bridgehead atoms. The van der Waals surface area contributed by atoms with Crippen LogP contribution in [0.5, 0.6) is 17.2 Å².